The summed E-state index contributed by atoms with van der Waals surface area (Å²) in [5.74, 6) is 0.955. The average molecular weight is 370 g/mol. The van der Waals surface area contributed by atoms with Crippen LogP contribution >= 0.6 is 23.1 Å². The van der Waals surface area contributed by atoms with Crippen LogP contribution in [0.25, 0.3) is 10.2 Å². The topological polar surface area (TPSA) is 54.9 Å². The molecule has 0 fully saturated rings. The van der Waals surface area contributed by atoms with E-state index in [2.05, 4.69) is 5.32 Å². The first-order chi connectivity index (χ1) is 12.2. The summed E-state index contributed by atoms with van der Waals surface area (Å²) in [5, 5.41) is 5.42. The van der Waals surface area contributed by atoms with Gasteiger partial charge < -0.3 is 5.32 Å². The number of benzene rings is 1. The number of hydrogen-bond donors (Lipinski definition) is 1. The van der Waals surface area contributed by atoms with E-state index in [4.69, 9.17) is 9.97 Å². The van der Waals surface area contributed by atoms with Crippen LogP contribution in [-0.2, 0) is 12.8 Å². The molecule has 1 aliphatic carbocycles. The van der Waals surface area contributed by atoms with Gasteiger partial charge in [0, 0.05) is 16.1 Å². The molecule has 2 heterocycles. The highest BCUT2D eigenvalue weighted by Gasteiger charge is 2.21. The molecule has 4 rings (SSSR count). The van der Waals surface area contributed by atoms with Crippen molar-refractivity contribution in [2.75, 3.05) is 11.6 Å². The first kappa shape index (κ1) is 16.5. The quantitative estimate of drug-likeness (QED) is 0.387. The number of aromatic nitrogens is 2. The molecular weight excluding hydrogens is 350 g/mol. The average Bonchev–Trinajstić information content (AvgIpc) is 3.00. The molecule has 3 aromatic rings. The van der Waals surface area contributed by atoms with Gasteiger partial charge in [-0.25, -0.2) is 9.97 Å². The van der Waals surface area contributed by atoms with Crippen molar-refractivity contribution in [3.8, 4) is 0 Å². The maximum Gasteiger partial charge on any atom is 0.190 e. The molecule has 25 heavy (non-hydrogen) atoms. The number of anilines is 2. The maximum absolute atomic E-state index is 11.5. The molecule has 4 nitrogen and oxygen atoms in total. The number of hydrogen-bond acceptors (Lipinski definition) is 6. The second-order valence-corrected chi connectivity index (χ2v) is 8.07. The molecule has 0 bridgehead atoms. The third kappa shape index (κ3) is 3.16. The van der Waals surface area contributed by atoms with E-state index in [-0.39, 0.29) is 5.78 Å². The van der Waals surface area contributed by atoms with Gasteiger partial charge in [-0.1, -0.05) is 11.8 Å². The number of nitrogens with one attached hydrogen (secondary N) is 1. The number of rotatable bonds is 4. The fourth-order valence-electron chi connectivity index (χ4n) is 3.24. The van der Waals surface area contributed by atoms with Crippen molar-refractivity contribution < 1.29 is 4.79 Å². The van der Waals surface area contributed by atoms with Gasteiger partial charge in [0.05, 0.1) is 5.39 Å². The fraction of sp³-hybridized carbons (Fsp3) is 0.316. The van der Waals surface area contributed by atoms with Crippen LogP contribution in [0, 0.1) is 0 Å². The van der Waals surface area contributed by atoms with Crippen LogP contribution in [0.2, 0.25) is 0 Å². The zero-order valence-electron chi connectivity index (χ0n) is 14.3. The molecule has 1 aromatic carbocycles. The summed E-state index contributed by atoms with van der Waals surface area (Å²) in [7, 11) is 0. The Morgan fingerprint density at radius 3 is 2.64 bits per heavy atom. The van der Waals surface area contributed by atoms with Gasteiger partial charge in [0.25, 0.3) is 0 Å². The lowest BCUT2D eigenvalue weighted by molar-refractivity contribution is 0.101. The molecule has 0 unspecified atom stereocenters. The molecule has 0 spiro atoms. The Morgan fingerprint density at radius 2 is 1.92 bits per heavy atom. The number of thiophene rings is 1. The normalized spacial score (nSPS) is 13.7. The molecule has 0 radical (unpaired) electrons. The van der Waals surface area contributed by atoms with Gasteiger partial charge in [-0.2, -0.15) is 0 Å². The molecule has 0 aliphatic heterocycles. The van der Waals surface area contributed by atoms with Crippen LogP contribution in [-0.4, -0.2) is 22.0 Å². The Morgan fingerprint density at radius 1 is 1.16 bits per heavy atom. The maximum atomic E-state index is 11.5. The van der Waals surface area contributed by atoms with E-state index in [1.54, 1.807) is 18.7 Å². The van der Waals surface area contributed by atoms with E-state index in [0.29, 0.717) is 0 Å². The number of nitrogens with zero attached hydrogens (tertiary/aromatic N) is 2. The lowest BCUT2D eigenvalue weighted by atomic mass is 9.97. The summed E-state index contributed by atoms with van der Waals surface area (Å²) in [6, 6.07) is 7.56. The Bertz CT molecular complexity index is 947. The van der Waals surface area contributed by atoms with Crippen LogP contribution in [0.15, 0.2) is 29.4 Å². The predicted octanol–water partition coefficient (Wildman–Crippen LogP) is 5.24. The molecule has 1 aliphatic rings. The smallest absolute Gasteiger partial charge is 0.190 e. The molecular formula is C19H19N3OS2. The summed E-state index contributed by atoms with van der Waals surface area (Å²) in [6.45, 7) is 1.58. The monoisotopic (exact) mass is 369 g/mol. The number of Topliss-reactive ketones (excluding diaryl/α,β-unsaturated/α-hetero) is 1. The van der Waals surface area contributed by atoms with Crippen LogP contribution < -0.4 is 5.32 Å². The van der Waals surface area contributed by atoms with Crippen molar-refractivity contribution in [2.45, 2.75) is 37.8 Å². The zero-order chi connectivity index (χ0) is 17.4. The molecule has 0 amide bonds. The van der Waals surface area contributed by atoms with Gasteiger partial charge in [0.1, 0.15) is 10.6 Å². The molecule has 0 atom stereocenters. The van der Waals surface area contributed by atoms with Crippen molar-refractivity contribution in [1.82, 2.24) is 9.97 Å². The van der Waals surface area contributed by atoms with Gasteiger partial charge >= 0.3 is 0 Å². The molecule has 0 saturated carbocycles. The first-order valence-corrected chi connectivity index (χ1v) is 10.4. The molecule has 6 heteroatoms. The third-order valence-electron chi connectivity index (χ3n) is 4.53. The highest BCUT2D eigenvalue weighted by molar-refractivity contribution is 7.98. The van der Waals surface area contributed by atoms with Crippen molar-refractivity contribution in [3.63, 3.8) is 0 Å². The van der Waals surface area contributed by atoms with Gasteiger partial charge in [-0.15, -0.1) is 11.3 Å². The summed E-state index contributed by atoms with van der Waals surface area (Å²) in [6.07, 6.45) is 6.75. The number of aryl methyl sites for hydroxylation is 2. The number of thioether (sulfide) groups is 1. The number of ketones is 1. The van der Waals surface area contributed by atoms with Gasteiger partial charge in [0.2, 0.25) is 0 Å². The standard InChI is InChI=1S/C19H19N3OS2/c1-11(23)12-7-9-13(10-8-12)20-17-16-14-5-3-4-6-15(14)25-18(16)22-19(21-17)24-2/h7-10H,3-6H2,1-2H3,(H,20,21,22). The molecule has 128 valence electrons. The van der Waals surface area contributed by atoms with Gasteiger partial charge in [-0.3, -0.25) is 4.79 Å². The summed E-state index contributed by atoms with van der Waals surface area (Å²) in [4.78, 5) is 23.5. The molecule has 1 N–H and O–H groups in total. The lowest BCUT2D eigenvalue weighted by Crippen LogP contribution is -2.02. The van der Waals surface area contributed by atoms with Gasteiger partial charge in [0.15, 0.2) is 10.9 Å². The minimum absolute atomic E-state index is 0.0764. The number of carbonyl (C=O) groups is 1. The minimum atomic E-state index is 0.0764. The second-order valence-electron chi connectivity index (χ2n) is 6.21. The van der Waals surface area contributed by atoms with Crippen molar-refractivity contribution >= 4 is 50.6 Å². The largest absolute Gasteiger partial charge is 0.340 e. The summed E-state index contributed by atoms with van der Waals surface area (Å²) in [5.41, 5.74) is 3.07. The lowest BCUT2D eigenvalue weighted by Gasteiger charge is -2.13. The van der Waals surface area contributed by atoms with E-state index in [1.165, 1.54) is 28.7 Å². The second kappa shape index (κ2) is 6.77. The van der Waals surface area contributed by atoms with E-state index >= 15 is 0 Å². The molecule has 0 saturated heterocycles. The zero-order valence-corrected chi connectivity index (χ0v) is 15.9. The van der Waals surface area contributed by atoms with Crippen LogP contribution in [0.4, 0.5) is 11.5 Å². The predicted molar refractivity (Wildman–Crippen MR) is 106 cm³/mol. The van der Waals surface area contributed by atoms with Crippen LogP contribution in [0.3, 0.4) is 0 Å². The minimum Gasteiger partial charge on any atom is -0.340 e. The summed E-state index contributed by atoms with van der Waals surface area (Å²) >= 11 is 3.37. The van der Waals surface area contributed by atoms with Crippen LogP contribution in [0.1, 0.15) is 40.6 Å². The highest BCUT2D eigenvalue weighted by Crippen LogP contribution is 2.40. The Labute approximate surface area is 155 Å². The van der Waals surface area contributed by atoms with Crippen LogP contribution in [0.5, 0.6) is 0 Å². The van der Waals surface area contributed by atoms with E-state index in [9.17, 15) is 4.79 Å². The summed E-state index contributed by atoms with van der Waals surface area (Å²) < 4.78 is 0. The van der Waals surface area contributed by atoms with E-state index < -0.39 is 0 Å². The van der Waals surface area contributed by atoms with Crippen molar-refractivity contribution in [3.05, 3.63) is 40.3 Å². The van der Waals surface area contributed by atoms with Gasteiger partial charge in [-0.05, 0) is 68.7 Å². The highest BCUT2D eigenvalue weighted by atomic mass is 32.2. The van der Waals surface area contributed by atoms with Crippen molar-refractivity contribution in [1.29, 1.82) is 0 Å². The number of fused-ring (bicyclic) bond motifs is 3. The SMILES string of the molecule is CSc1nc(Nc2ccc(C(C)=O)cc2)c2c3c(sc2n1)CCCC3. The molecule has 2 aromatic heterocycles. The number of carbonyl (C=O) groups excluding carboxylic acids is 1. The Balaban J connectivity index is 1.79. The third-order valence-corrected chi connectivity index (χ3v) is 6.26. The fourth-order valence-corrected chi connectivity index (χ4v) is 4.93. The van der Waals surface area contributed by atoms with Crippen molar-refractivity contribution in [2.24, 2.45) is 0 Å². The first-order valence-electron chi connectivity index (χ1n) is 8.40. The Hall–Kier alpha value is -1.92. The van der Waals surface area contributed by atoms with E-state index in [0.717, 1.165) is 39.9 Å². The van der Waals surface area contributed by atoms with E-state index in [1.807, 2.05) is 41.9 Å². The Kier molecular flexibility index (Phi) is 4.48.